The maximum atomic E-state index is 12.5. The highest BCUT2D eigenvalue weighted by molar-refractivity contribution is 5.67. The molecule has 1 saturated heterocycles. The number of alkyl carbamates (subject to hydrolysis) is 1. The number of ether oxygens (including phenoxy) is 2. The monoisotopic (exact) mass is 405 g/mol. The fourth-order valence-electron chi connectivity index (χ4n) is 6.08. The molecule has 4 heteroatoms. The van der Waals surface area contributed by atoms with Crippen LogP contribution in [0.25, 0.3) is 0 Å². The van der Waals surface area contributed by atoms with Crippen LogP contribution >= 0.6 is 0 Å². The molecule has 1 saturated carbocycles. The molecule has 3 aliphatic rings. The van der Waals surface area contributed by atoms with Crippen molar-refractivity contribution in [1.29, 1.82) is 0 Å². The summed E-state index contributed by atoms with van der Waals surface area (Å²) in [7, 11) is 0. The van der Waals surface area contributed by atoms with Crippen LogP contribution < -0.4 is 5.32 Å². The zero-order valence-corrected chi connectivity index (χ0v) is 19.2. The van der Waals surface area contributed by atoms with E-state index in [-0.39, 0.29) is 11.5 Å². The number of fused-ring (bicyclic) bond motifs is 2. The molecule has 1 amide bonds. The third-order valence-electron chi connectivity index (χ3n) is 8.10. The second-order valence-corrected chi connectivity index (χ2v) is 10.0. The lowest BCUT2D eigenvalue weighted by atomic mass is 9.56. The quantitative estimate of drug-likeness (QED) is 0.383. The van der Waals surface area contributed by atoms with Crippen molar-refractivity contribution in [2.45, 2.75) is 104 Å². The van der Waals surface area contributed by atoms with Crippen molar-refractivity contribution in [1.82, 2.24) is 5.32 Å². The van der Waals surface area contributed by atoms with Gasteiger partial charge in [0.15, 0.2) is 0 Å². The fourth-order valence-corrected chi connectivity index (χ4v) is 6.08. The summed E-state index contributed by atoms with van der Waals surface area (Å²) in [5.41, 5.74) is 1.36. The lowest BCUT2D eigenvalue weighted by Crippen LogP contribution is -2.57. The molecule has 4 nitrogen and oxygen atoms in total. The SMILES string of the molecule is CCCCCC[C@@H]1OC[C@@]2(COC(=O)NC3CCCCC3)[C@H](C)C=C(C)[C@H]1[C@@H]2C. The van der Waals surface area contributed by atoms with E-state index in [2.05, 4.69) is 39.1 Å². The number of amides is 1. The van der Waals surface area contributed by atoms with Crippen LogP contribution in [0.4, 0.5) is 4.79 Å². The largest absolute Gasteiger partial charge is 0.449 e. The van der Waals surface area contributed by atoms with E-state index < -0.39 is 0 Å². The number of rotatable bonds is 8. The molecule has 0 aromatic carbocycles. The number of carbonyl (C=O) groups is 1. The van der Waals surface area contributed by atoms with Crippen molar-refractivity contribution < 1.29 is 14.3 Å². The van der Waals surface area contributed by atoms with Crippen molar-refractivity contribution in [3.05, 3.63) is 11.6 Å². The molecule has 1 heterocycles. The van der Waals surface area contributed by atoms with Gasteiger partial charge < -0.3 is 14.8 Å². The first-order valence-electron chi connectivity index (χ1n) is 12.2. The minimum absolute atomic E-state index is 0.103. The second kappa shape index (κ2) is 10.3. The van der Waals surface area contributed by atoms with Gasteiger partial charge in [-0.2, -0.15) is 0 Å². The first-order chi connectivity index (χ1) is 14.0. The molecule has 2 aliphatic carbocycles. The minimum Gasteiger partial charge on any atom is -0.449 e. The van der Waals surface area contributed by atoms with Crippen molar-refractivity contribution in [3.8, 4) is 0 Å². The molecule has 3 rings (SSSR count). The summed E-state index contributed by atoms with van der Waals surface area (Å²) < 4.78 is 12.3. The number of nitrogens with one attached hydrogen (secondary N) is 1. The Hall–Kier alpha value is -1.03. The fraction of sp³-hybridized carbons (Fsp3) is 0.880. The minimum atomic E-state index is -0.241. The summed E-state index contributed by atoms with van der Waals surface area (Å²) in [5.74, 6) is 1.28. The number of unbranched alkanes of at least 4 members (excludes halogenated alkanes) is 3. The van der Waals surface area contributed by atoms with Gasteiger partial charge in [0.2, 0.25) is 0 Å². The third-order valence-corrected chi connectivity index (χ3v) is 8.10. The Morgan fingerprint density at radius 1 is 1.21 bits per heavy atom. The summed E-state index contributed by atoms with van der Waals surface area (Å²) in [6.45, 7) is 10.3. The molecule has 29 heavy (non-hydrogen) atoms. The van der Waals surface area contributed by atoms with Crippen molar-refractivity contribution in [2.75, 3.05) is 13.2 Å². The van der Waals surface area contributed by atoms with Crippen LogP contribution in [0, 0.1) is 23.2 Å². The normalized spacial score (nSPS) is 35.1. The van der Waals surface area contributed by atoms with E-state index in [0.29, 0.717) is 43.1 Å². The average Bonchev–Trinajstić information content (AvgIpc) is 2.70. The summed E-state index contributed by atoms with van der Waals surface area (Å²) >= 11 is 0. The standard InChI is InChI=1S/C25H43NO3/c1-5-6-7-11-14-22-23-18(2)15-19(3)25(16-28-22,20(23)4)17-29-24(27)26-21-12-9-8-10-13-21/h15,19-23H,5-14,16-17H2,1-4H3,(H,26,27)/t19-,20+,22+,23+,25-/m1/s1. The number of hydrogen-bond donors (Lipinski definition) is 1. The second-order valence-electron chi connectivity index (χ2n) is 10.0. The molecular formula is C25H43NO3. The summed E-state index contributed by atoms with van der Waals surface area (Å²) in [6.07, 6.45) is 14.6. The summed E-state index contributed by atoms with van der Waals surface area (Å²) in [4.78, 5) is 12.5. The average molecular weight is 406 g/mol. The van der Waals surface area contributed by atoms with Crippen LogP contribution in [0.1, 0.15) is 91.9 Å². The van der Waals surface area contributed by atoms with Gasteiger partial charge in [0, 0.05) is 17.4 Å². The molecule has 1 aliphatic heterocycles. The lowest BCUT2D eigenvalue weighted by Gasteiger charge is -2.55. The van der Waals surface area contributed by atoms with Gasteiger partial charge in [0.1, 0.15) is 6.61 Å². The van der Waals surface area contributed by atoms with E-state index in [4.69, 9.17) is 9.47 Å². The van der Waals surface area contributed by atoms with Gasteiger partial charge in [-0.25, -0.2) is 4.79 Å². The molecule has 166 valence electrons. The zero-order valence-electron chi connectivity index (χ0n) is 19.2. The van der Waals surface area contributed by atoms with E-state index in [0.717, 1.165) is 19.3 Å². The zero-order chi connectivity index (χ0) is 20.9. The molecular weight excluding hydrogens is 362 g/mol. The molecule has 5 atom stereocenters. The molecule has 0 radical (unpaired) electrons. The van der Waals surface area contributed by atoms with Gasteiger partial charge in [-0.05, 0) is 38.0 Å². The van der Waals surface area contributed by atoms with E-state index in [1.807, 2.05) is 0 Å². The first kappa shape index (κ1) is 22.7. The van der Waals surface area contributed by atoms with Crippen LogP contribution in [0.5, 0.6) is 0 Å². The topological polar surface area (TPSA) is 47.6 Å². The Bertz CT molecular complexity index is 568. The van der Waals surface area contributed by atoms with Crippen LogP contribution in [0.3, 0.4) is 0 Å². The predicted molar refractivity (Wildman–Crippen MR) is 118 cm³/mol. The van der Waals surface area contributed by atoms with Crippen molar-refractivity contribution >= 4 is 6.09 Å². The van der Waals surface area contributed by atoms with Crippen LogP contribution in [-0.2, 0) is 9.47 Å². The van der Waals surface area contributed by atoms with Gasteiger partial charge >= 0.3 is 6.09 Å². The number of carbonyl (C=O) groups excluding carboxylic acids is 1. The Morgan fingerprint density at radius 2 is 1.97 bits per heavy atom. The Labute approximate surface area is 178 Å². The van der Waals surface area contributed by atoms with Gasteiger partial charge in [-0.1, -0.05) is 77.4 Å². The molecule has 2 bridgehead atoms. The highest BCUT2D eigenvalue weighted by Crippen LogP contribution is 2.53. The van der Waals surface area contributed by atoms with Crippen LogP contribution in [0.2, 0.25) is 0 Å². The number of allylic oxidation sites excluding steroid dienone is 1. The lowest BCUT2D eigenvalue weighted by molar-refractivity contribution is -0.165. The van der Waals surface area contributed by atoms with E-state index in [9.17, 15) is 4.79 Å². The molecule has 0 unspecified atom stereocenters. The molecule has 2 fully saturated rings. The maximum absolute atomic E-state index is 12.5. The van der Waals surface area contributed by atoms with Crippen molar-refractivity contribution in [3.63, 3.8) is 0 Å². The van der Waals surface area contributed by atoms with Gasteiger partial charge in [-0.15, -0.1) is 0 Å². The number of hydrogen-bond acceptors (Lipinski definition) is 3. The van der Waals surface area contributed by atoms with Gasteiger partial charge in [-0.3, -0.25) is 0 Å². The molecule has 1 N–H and O–H groups in total. The highest BCUT2D eigenvalue weighted by Gasteiger charge is 2.54. The third kappa shape index (κ3) is 5.18. The summed E-state index contributed by atoms with van der Waals surface area (Å²) in [6, 6.07) is 0.292. The first-order valence-corrected chi connectivity index (χ1v) is 12.2. The molecule has 0 spiro atoms. The van der Waals surface area contributed by atoms with Crippen molar-refractivity contribution in [2.24, 2.45) is 23.2 Å². The van der Waals surface area contributed by atoms with Gasteiger partial charge in [0.25, 0.3) is 0 Å². The van der Waals surface area contributed by atoms with E-state index in [1.165, 1.54) is 50.5 Å². The summed E-state index contributed by atoms with van der Waals surface area (Å²) in [5, 5.41) is 3.10. The molecule has 0 aromatic rings. The van der Waals surface area contributed by atoms with Crippen LogP contribution in [-0.4, -0.2) is 31.5 Å². The van der Waals surface area contributed by atoms with E-state index >= 15 is 0 Å². The molecule has 0 aromatic heterocycles. The Balaban J connectivity index is 1.60. The Kier molecular flexibility index (Phi) is 8.07. The predicted octanol–water partition coefficient (Wildman–Crippen LogP) is 6.25. The smallest absolute Gasteiger partial charge is 0.407 e. The van der Waals surface area contributed by atoms with E-state index in [1.54, 1.807) is 0 Å². The maximum Gasteiger partial charge on any atom is 0.407 e. The van der Waals surface area contributed by atoms with Crippen LogP contribution in [0.15, 0.2) is 11.6 Å². The van der Waals surface area contributed by atoms with Gasteiger partial charge in [0.05, 0.1) is 12.7 Å². The highest BCUT2D eigenvalue weighted by atomic mass is 16.6. The Morgan fingerprint density at radius 3 is 2.69 bits per heavy atom.